The molecule has 0 radical (unpaired) electrons. The van der Waals surface area contributed by atoms with E-state index < -0.39 is 24.9 Å². The maximum atomic E-state index is 13.0. The van der Waals surface area contributed by atoms with Crippen LogP contribution in [0.2, 0.25) is 13.3 Å². The van der Waals surface area contributed by atoms with Crippen LogP contribution in [0.3, 0.4) is 0 Å². The Labute approximate surface area is 158 Å². The number of carbonyl (C=O) groups excluding carboxylic acids is 1. The quantitative estimate of drug-likeness (QED) is 0.330. The molecule has 3 nitrogen and oxygen atoms in total. The molecule has 1 unspecified atom stereocenters. The molecule has 0 amide bonds. The van der Waals surface area contributed by atoms with Crippen LogP contribution in [0.5, 0.6) is 0 Å². The van der Waals surface area contributed by atoms with E-state index in [1.54, 1.807) is 7.11 Å². The summed E-state index contributed by atoms with van der Waals surface area (Å²) in [6.45, 7) is 6.67. The van der Waals surface area contributed by atoms with Gasteiger partial charge in [0.2, 0.25) is 0 Å². The molecule has 1 rings (SSSR count). The van der Waals surface area contributed by atoms with E-state index >= 15 is 0 Å². The zero-order valence-corrected chi connectivity index (χ0v) is 19.4. The molecule has 0 aromatic heterocycles. The van der Waals surface area contributed by atoms with Crippen molar-refractivity contribution in [1.82, 2.24) is 0 Å². The van der Waals surface area contributed by atoms with E-state index in [1.165, 1.54) is 38.5 Å². The summed E-state index contributed by atoms with van der Waals surface area (Å²) in [7, 11) is 1.60. The number of benzene rings is 1. The summed E-state index contributed by atoms with van der Waals surface area (Å²) in [6.07, 6.45) is 6.45. The van der Waals surface area contributed by atoms with Crippen LogP contribution < -0.4 is 0 Å². The topological polar surface area (TPSA) is 35.5 Å². The Bertz CT molecular complexity index is 454. The third kappa shape index (κ3) is 7.69. The van der Waals surface area contributed by atoms with E-state index in [9.17, 15) is 4.79 Å². The van der Waals surface area contributed by atoms with Crippen LogP contribution in [0.1, 0.15) is 71.0 Å². The molecule has 4 heteroatoms. The Morgan fingerprint density at radius 1 is 0.920 bits per heavy atom. The first-order valence-electron chi connectivity index (χ1n) is 9.93. The third-order valence-electron chi connectivity index (χ3n) is 4.83. The molecule has 1 aromatic rings. The second-order valence-electron chi connectivity index (χ2n) is 6.94. The van der Waals surface area contributed by atoms with Crippen molar-refractivity contribution in [3.63, 3.8) is 0 Å². The van der Waals surface area contributed by atoms with Crippen molar-refractivity contribution in [2.45, 2.75) is 78.7 Å². The van der Waals surface area contributed by atoms with Gasteiger partial charge < -0.3 is 0 Å². The molecule has 0 aliphatic carbocycles. The summed E-state index contributed by atoms with van der Waals surface area (Å²) in [5.41, 5.74) is 0.886. The first-order valence-corrected chi connectivity index (χ1v) is 17.1. The van der Waals surface area contributed by atoms with Gasteiger partial charge in [0, 0.05) is 0 Å². The molecule has 0 saturated heterocycles. The van der Waals surface area contributed by atoms with Crippen LogP contribution in [-0.2, 0) is 12.6 Å². The van der Waals surface area contributed by atoms with Crippen LogP contribution in [0.15, 0.2) is 30.3 Å². The molecule has 1 aromatic carbocycles. The molecule has 0 bridgehead atoms. The van der Waals surface area contributed by atoms with E-state index in [0.29, 0.717) is 0 Å². The van der Waals surface area contributed by atoms with E-state index in [4.69, 9.17) is 7.81 Å². The van der Waals surface area contributed by atoms with E-state index in [-0.39, 0.29) is 5.97 Å². The standard InChI is InChI=1S/C9H10O3.3C4H9.Sn/c1-12-8(9(10)11)7-5-3-2-4-6-7;3*1-3-4-2;/h2-6,8H,1H3,(H,10,11);3*1,3-4H2,2H3;/q;;;;+1/p-1. The van der Waals surface area contributed by atoms with Gasteiger partial charge in [-0.3, -0.25) is 0 Å². The average molecular weight is 455 g/mol. The Morgan fingerprint density at radius 2 is 1.40 bits per heavy atom. The van der Waals surface area contributed by atoms with Crippen molar-refractivity contribution in [2.75, 3.05) is 7.11 Å². The number of methoxy groups -OCH3 is 1. The summed E-state index contributed by atoms with van der Waals surface area (Å²) in [5.74, 6) is -0.159. The number of rotatable bonds is 13. The van der Waals surface area contributed by atoms with Crippen LogP contribution >= 0.6 is 0 Å². The van der Waals surface area contributed by atoms with Crippen LogP contribution in [-0.4, -0.2) is 31.9 Å². The zero-order valence-electron chi connectivity index (χ0n) is 16.6. The van der Waals surface area contributed by atoms with Gasteiger partial charge in [-0.05, 0) is 0 Å². The number of hydrogen-bond donors (Lipinski definition) is 0. The summed E-state index contributed by atoms with van der Waals surface area (Å²) >= 11 is -2.94. The SMILES string of the molecule is CCC[CH2][Sn]([CH2]CCC)([CH2]CCC)[O]C(=O)C(OC)c1ccccc1. The number of ether oxygens (including phenoxy) is 1. The summed E-state index contributed by atoms with van der Waals surface area (Å²) in [6, 6.07) is 9.72. The first-order chi connectivity index (χ1) is 12.1. The summed E-state index contributed by atoms with van der Waals surface area (Å²) < 4.78 is 15.4. The molecule has 0 spiro atoms. The molecule has 0 aliphatic heterocycles. The predicted octanol–water partition coefficient (Wildman–Crippen LogP) is 6.26. The molecule has 0 saturated carbocycles. The molecule has 25 heavy (non-hydrogen) atoms. The fraction of sp³-hybridized carbons (Fsp3) is 0.667. The minimum atomic E-state index is -2.94. The van der Waals surface area contributed by atoms with Gasteiger partial charge >= 0.3 is 159 Å². The Kier molecular flexibility index (Phi) is 11.5. The van der Waals surface area contributed by atoms with Crippen molar-refractivity contribution < 1.29 is 12.6 Å². The van der Waals surface area contributed by atoms with Gasteiger partial charge in [-0.1, -0.05) is 0 Å². The first kappa shape index (κ1) is 22.5. The van der Waals surface area contributed by atoms with Gasteiger partial charge in [0.25, 0.3) is 0 Å². The Balaban J connectivity index is 2.96. The monoisotopic (exact) mass is 456 g/mol. The maximum absolute atomic E-state index is 13.0. The van der Waals surface area contributed by atoms with Crippen LogP contribution in [0.4, 0.5) is 0 Å². The van der Waals surface area contributed by atoms with Gasteiger partial charge in [0.1, 0.15) is 0 Å². The summed E-state index contributed by atoms with van der Waals surface area (Å²) in [5, 5.41) is 0. The summed E-state index contributed by atoms with van der Waals surface area (Å²) in [4.78, 5) is 13.0. The molecule has 142 valence electrons. The normalized spacial score (nSPS) is 12.8. The van der Waals surface area contributed by atoms with Crippen molar-refractivity contribution in [1.29, 1.82) is 0 Å². The van der Waals surface area contributed by atoms with Crippen molar-refractivity contribution in [2.24, 2.45) is 0 Å². The molecular formula is C21H36O3Sn. The molecule has 0 N–H and O–H groups in total. The van der Waals surface area contributed by atoms with E-state index in [2.05, 4.69) is 20.8 Å². The number of hydrogen-bond acceptors (Lipinski definition) is 3. The van der Waals surface area contributed by atoms with Gasteiger partial charge in [0.05, 0.1) is 0 Å². The Morgan fingerprint density at radius 3 is 1.80 bits per heavy atom. The molecule has 1 atom stereocenters. The third-order valence-corrected chi connectivity index (χ3v) is 17.5. The Hall–Kier alpha value is -0.551. The van der Waals surface area contributed by atoms with Gasteiger partial charge in [0.15, 0.2) is 0 Å². The van der Waals surface area contributed by atoms with Crippen LogP contribution in [0, 0.1) is 0 Å². The second-order valence-corrected chi connectivity index (χ2v) is 18.6. The van der Waals surface area contributed by atoms with Gasteiger partial charge in [-0.2, -0.15) is 0 Å². The fourth-order valence-corrected chi connectivity index (χ4v) is 16.4. The van der Waals surface area contributed by atoms with Crippen molar-refractivity contribution in [3.05, 3.63) is 35.9 Å². The van der Waals surface area contributed by atoms with Crippen molar-refractivity contribution >= 4 is 24.8 Å². The minimum absolute atomic E-state index is 0.159. The molecule has 0 aliphatic rings. The van der Waals surface area contributed by atoms with Gasteiger partial charge in [-0.15, -0.1) is 0 Å². The zero-order chi connectivity index (χ0) is 18.5. The van der Waals surface area contributed by atoms with Gasteiger partial charge in [-0.25, -0.2) is 0 Å². The number of unbranched alkanes of at least 4 members (excludes halogenated alkanes) is 3. The van der Waals surface area contributed by atoms with E-state index in [1.807, 2.05) is 30.3 Å². The molecule has 0 fully saturated rings. The number of carbonyl (C=O) groups is 1. The van der Waals surface area contributed by atoms with E-state index in [0.717, 1.165) is 18.9 Å². The molecular weight excluding hydrogens is 419 g/mol. The second kappa shape index (κ2) is 12.7. The fourth-order valence-electron chi connectivity index (χ4n) is 3.29. The predicted molar refractivity (Wildman–Crippen MR) is 107 cm³/mol. The average Bonchev–Trinajstić information content (AvgIpc) is 2.64. The van der Waals surface area contributed by atoms with Crippen LogP contribution in [0.25, 0.3) is 0 Å². The molecule has 0 heterocycles. The van der Waals surface area contributed by atoms with Crippen molar-refractivity contribution in [3.8, 4) is 0 Å².